The van der Waals surface area contributed by atoms with Gasteiger partial charge in [-0.05, 0) is 56.6 Å². The van der Waals surface area contributed by atoms with Crippen LogP contribution in [0.4, 0.5) is 4.39 Å². The Morgan fingerprint density at radius 1 is 1.12 bits per heavy atom. The topological polar surface area (TPSA) is 38.3 Å². The lowest BCUT2D eigenvalue weighted by Gasteiger charge is -2.37. The van der Waals surface area contributed by atoms with Gasteiger partial charge in [-0.25, -0.2) is 13.3 Å². The number of hydrogen-bond donors (Lipinski definition) is 1. The molecule has 0 radical (unpaired) electrons. The van der Waals surface area contributed by atoms with Gasteiger partial charge in [-0.1, -0.05) is 32.9 Å². The highest BCUT2D eigenvalue weighted by molar-refractivity contribution is 7.84. The highest BCUT2D eigenvalue weighted by Gasteiger charge is 2.38. The summed E-state index contributed by atoms with van der Waals surface area (Å²) in [7, 11) is -3.15. The Balaban J connectivity index is 2.98. The average Bonchev–Trinajstić information content (AvgIpc) is 2.42. The molecule has 0 aliphatic carbocycles. The Labute approximate surface area is 150 Å². The monoisotopic (exact) mass is 373 g/mol. The summed E-state index contributed by atoms with van der Waals surface area (Å²) in [5.41, 5.74) is 0.882. The Bertz CT molecular complexity index is 562. The molecule has 0 saturated heterocycles. The third-order valence-electron chi connectivity index (χ3n) is 4.49. The van der Waals surface area contributed by atoms with E-state index in [4.69, 9.17) is 4.43 Å². The predicted molar refractivity (Wildman–Crippen MR) is 103 cm³/mol. The van der Waals surface area contributed by atoms with Crippen molar-refractivity contribution in [1.82, 2.24) is 4.72 Å². The summed E-state index contributed by atoms with van der Waals surface area (Å²) in [4.78, 5) is 0. The molecule has 0 fully saturated rings. The normalized spacial score (nSPS) is 16.0. The van der Waals surface area contributed by atoms with Crippen molar-refractivity contribution < 1.29 is 13.0 Å². The van der Waals surface area contributed by atoms with Gasteiger partial charge < -0.3 is 4.43 Å². The van der Waals surface area contributed by atoms with Gasteiger partial charge in [0, 0.05) is 0 Å². The minimum atomic E-state index is -1.92. The Hall–Kier alpha value is -0.563. The summed E-state index contributed by atoms with van der Waals surface area (Å²) in [6.07, 6.45) is 0. The van der Waals surface area contributed by atoms with Crippen LogP contribution in [0.25, 0.3) is 0 Å². The van der Waals surface area contributed by atoms with Crippen LogP contribution in [-0.2, 0) is 15.4 Å². The molecule has 0 saturated carbocycles. The molecule has 2 atom stereocenters. The van der Waals surface area contributed by atoms with Crippen LogP contribution in [0, 0.1) is 5.82 Å². The van der Waals surface area contributed by atoms with E-state index in [0.29, 0.717) is 6.61 Å². The molecule has 138 valence electrons. The van der Waals surface area contributed by atoms with Crippen LogP contribution in [-0.4, -0.2) is 23.9 Å². The highest BCUT2D eigenvalue weighted by Crippen LogP contribution is 2.37. The fourth-order valence-electron chi connectivity index (χ4n) is 1.71. The van der Waals surface area contributed by atoms with Gasteiger partial charge in [0.15, 0.2) is 8.32 Å². The van der Waals surface area contributed by atoms with Crippen molar-refractivity contribution >= 4 is 19.3 Å². The van der Waals surface area contributed by atoms with Crippen LogP contribution in [0.3, 0.4) is 0 Å². The lowest BCUT2D eigenvalue weighted by molar-refractivity contribution is 0.257. The van der Waals surface area contributed by atoms with Gasteiger partial charge in [-0.3, -0.25) is 0 Å². The first-order valence-corrected chi connectivity index (χ1v) is 12.4. The molecule has 1 rings (SSSR count). The third-order valence-corrected chi connectivity index (χ3v) is 10.6. The van der Waals surface area contributed by atoms with E-state index in [0.717, 1.165) is 5.56 Å². The van der Waals surface area contributed by atoms with Crippen molar-refractivity contribution in [3.8, 4) is 0 Å². The molecule has 0 aliphatic rings. The van der Waals surface area contributed by atoms with E-state index in [1.807, 2.05) is 20.8 Å². The van der Waals surface area contributed by atoms with Gasteiger partial charge in [-0.15, -0.1) is 0 Å². The lowest BCUT2D eigenvalue weighted by atomic mass is 10.1. The second-order valence-corrected chi connectivity index (χ2v) is 15.5. The molecular formula is C18H32FNO2SSi. The second kappa shape index (κ2) is 7.77. The number of benzene rings is 1. The zero-order chi connectivity index (χ0) is 18.8. The van der Waals surface area contributed by atoms with E-state index in [9.17, 15) is 8.60 Å². The predicted octanol–water partition coefficient (Wildman–Crippen LogP) is 4.94. The van der Waals surface area contributed by atoms with E-state index in [1.165, 1.54) is 12.1 Å². The molecule has 0 heterocycles. The van der Waals surface area contributed by atoms with Gasteiger partial charge >= 0.3 is 0 Å². The van der Waals surface area contributed by atoms with Gasteiger partial charge in [0.2, 0.25) is 0 Å². The molecular weight excluding hydrogens is 341 g/mol. The van der Waals surface area contributed by atoms with Crippen molar-refractivity contribution in [1.29, 1.82) is 0 Å². The van der Waals surface area contributed by atoms with E-state index in [-0.39, 0.29) is 21.6 Å². The summed E-state index contributed by atoms with van der Waals surface area (Å²) in [5.74, 6) is -0.278. The second-order valence-electron chi connectivity index (χ2n) is 8.67. The van der Waals surface area contributed by atoms with Crippen LogP contribution in [0.2, 0.25) is 18.1 Å². The molecule has 3 nitrogen and oxygen atoms in total. The molecule has 1 N–H and O–H groups in total. The first-order chi connectivity index (χ1) is 10.7. The fourth-order valence-corrected chi connectivity index (χ4v) is 3.54. The molecule has 1 aromatic rings. The van der Waals surface area contributed by atoms with Crippen molar-refractivity contribution in [2.45, 2.75) is 70.5 Å². The zero-order valence-electron chi connectivity index (χ0n) is 16.2. The minimum absolute atomic E-state index is 0.101. The SMILES string of the molecule is CC(C)(C)S(=O)N[C@H](CO[Si](C)(C)C(C)(C)C)c1ccc(F)cc1. The molecule has 0 aromatic heterocycles. The van der Waals surface area contributed by atoms with Gasteiger partial charge in [0.1, 0.15) is 5.82 Å². The summed E-state index contributed by atoms with van der Waals surface area (Å²) >= 11 is 0. The lowest BCUT2D eigenvalue weighted by Crippen LogP contribution is -2.44. The number of rotatable bonds is 6. The van der Waals surface area contributed by atoms with Gasteiger partial charge in [0.05, 0.1) is 28.4 Å². The summed E-state index contributed by atoms with van der Waals surface area (Å²) < 4.78 is 34.8. The van der Waals surface area contributed by atoms with E-state index in [1.54, 1.807) is 12.1 Å². The standard InChI is InChI=1S/C18H32FNO2SSi/c1-17(2,3)23(21)20-16(14-9-11-15(19)12-10-14)13-22-24(7,8)18(4,5)6/h9-12,16,20H,13H2,1-8H3/t16-,23?/m1/s1. The van der Waals surface area contributed by atoms with Crippen molar-refractivity contribution in [2.75, 3.05) is 6.61 Å². The van der Waals surface area contributed by atoms with E-state index < -0.39 is 19.3 Å². The van der Waals surface area contributed by atoms with E-state index >= 15 is 0 Å². The minimum Gasteiger partial charge on any atom is -0.415 e. The molecule has 1 aromatic carbocycles. The Morgan fingerprint density at radius 2 is 1.62 bits per heavy atom. The molecule has 1 unspecified atom stereocenters. The smallest absolute Gasteiger partial charge is 0.192 e. The van der Waals surface area contributed by atoms with Crippen LogP contribution in [0.15, 0.2) is 24.3 Å². The zero-order valence-corrected chi connectivity index (χ0v) is 18.0. The maximum Gasteiger partial charge on any atom is 0.192 e. The van der Waals surface area contributed by atoms with Crippen molar-refractivity contribution in [3.05, 3.63) is 35.6 Å². The quantitative estimate of drug-likeness (QED) is 0.717. The molecule has 0 spiro atoms. The maximum atomic E-state index is 13.2. The Morgan fingerprint density at radius 3 is 2.04 bits per heavy atom. The van der Waals surface area contributed by atoms with Gasteiger partial charge in [-0.2, -0.15) is 0 Å². The highest BCUT2D eigenvalue weighted by atomic mass is 32.2. The van der Waals surface area contributed by atoms with Crippen molar-refractivity contribution in [3.63, 3.8) is 0 Å². The number of hydrogen-bond acceptors (Lipinski definition) is 2. The number of nitrogens with one attached hydrogen (secondary N) is 1. The largest absolute Gasteiger partial charge is 0.415 e. The van der Waals surface area contributed by atoms with E-state index in [2.05, 4.69) is 38.6 Å². The summed E-state index contributed by atoms with van der Waals surface area (Å²) in [6, 6.07) is 6.07. The first kappa shape index (κ1) is 21.5. The third kappa shape index (κ3) is 6.06. The average molecular weight is 374 g/mol. The van der Waals surface area contributed by atoms with Crippen LogP contribution >= 0.6 is 0 Å². The summed E-state index contributed by atoms with van der Waals surface area (Å²) in [5, 5.41) is 0.101. The molecule has 6 heteroatoms. The maximum absolute atomic E-state index is 13.2. The van der Waals surface area contributed by atoms with Crippen LogP contribution in [0.1, 0.15) is 53.1 Å². The van der Waals surface area contributed by atoms with Gasteiger partial charge in [0.25, 0.3) is 0 Å². The number of halogens is 1. The molecule has 0 amide bonds. The van der Waals surface area contributed by atoms with Crippen molar-refractivity contribution in [2.24, 2.45) is 0 Å². The molecule has 24 heavy (non-hydrogen) atoms. The fraction of sp³-hybridized carbons (Fsp3) is 0.667. The van der Waals surface area contributed by atoms with Crippen LogP contribution < -0.4 is 4.72 Å². The first-order valence-electron chi connectivity index (χ1n) is 8.31. The van der Waals surface area contributed by atoms with Crippen LogP contribution in [0.5, 0.6) is 0 Å². The summed E-state index contributed by atoms with van der Waals surface area (Å²) in [6.45, 7) is 17.1. The Kier molecular flexibility index (Phi) is 6.95. The molecule has 0 aliphatic heterocycles. The molecule has 0 bridgehead atoms.